The van der Waals surface area contributed by atoms with Gasteiger partial charge >= 0.3 is 0 Å². The first-order chi connectivity index (χ1) is 9.18. The molecule has 0 radical (unpaired) electrons. The Labute approximate surface area is 113 Å². The third-order valence-electron chi connectivity index (χ3n) is 3.71. The fourth-order valence-electron chi connectivity index (χ4n) is 2.49. The van der Waals surface area contributed by atoms with Crippen LogP contribution >= 0.6 is 0 Å². The molecule has 1 fully saturated rings. The van der Waals surface area contributed by atoms with Gasteiger partial charge < -0.3 is 10.2 Å². The van der Waals surface area contributed by atoms with Crippen LogP contribution in [0.4, 0.5) is 10.1 Å². The maximum Gasteiger partial charge on any atom is 0.226 e. The Hall–Kier alpha value is -1.42. The number of amides is 1. The molecular weight excluding hydrogens is 243 g/mol. The topological polar surface area (TPSA) is 32.3 Å². The van der Waals surface area contributed by atoms with Gasteiger partial charge in [0.1, 0.15) is 5.82 Å². The van der Waals surface area contributed by atoms with Crippen LogP contribution in [0.5, 0.6) is 0 Å². The normalized spacial score (nSPS) is 19.2. The van der Waals surface area contributed by atoms with E-state index in [-0.39, 0.29) is 11.7 Å². The molecule has 1 atom stereocenters. The third kappa shape index (κ3) is 3.77. The Bertz CT molecular complexity index is 430. The van der Waals surface area contributed by atoms with Gasteiger partial charge in [0, 0.05) is 19.5 Å². The molecule has 0 saturated carbocycles. The monoisotopic (exact) mass is 264 g/mol. The molecule has 1 aliphatic rings. The van der Waals surface area contributed by atoms with E-state index in [0.29, 0.717) is 18.2 Å². The third-order valence-corrected chi connectivity index (χ3v) is 3.71. The fraction of sp³-hybridized carbons (Fsp3) is 0.533. The molecule has 1 unspecified atom stereocenters. The minimum absolute atomic E-state index is 0.0301. The minimum atomic E-state index is -0.353. The van der Waals surface area contributed by atoms with Gasteiger partial charge in [-0.15, -0.1) is 0 Å². The van der Waals surface area contributed by atoms with Crippen LogP contribution < -0.4 is 10.2 Å². The maximum atomic E-state index is 13.6. The minimum Gasteiger partial charge on any atom is -0.314 e. The largest absolute Gasteiger partial charge is 0.314 e. The molecule has 19 heavy (non-hydrogen) atoms. The summed E-state index contributed by atoms with van der Waals surface area (Å²) in [6.07, 6.45) is 4.88. The van der Waals surface area contributed by atoms with Crippen LogP contribution in [0.2, 0.25) is 0 Å². The molecule has 3 nitrogen and oxygen atoms in total. The van der Waals surface area contributed by atoms with Crippen LogP contribution in [0, 0.1) is 5.82 Å². The van der Waals surface area contributed by atoms with Crippen molar-refractivity contribution in [2.24, 2.45) is 0 Å². The lowest BCUT2D eigenvalue weighted by Crippen LogP contribution is -2.35. The molecule has 1 N–H and O–H groups in total. The van der Waals surface area contributed by atoms with Gasteiger partial charge in [0.25, 0.3) is 0 Å². The van der Waals surface area contributed by atoms with Crippen LogP contribution in [-0.2, 0) is 4.79 Å². The van der Waals surface area contributed by atoms with Crippen molar-refractivity contribution in [2.45, 2.75) is 38.1 Å². The zero-order valence-electron chi connectivity index (χ0n) is 11.4. The predicted octanol–water partition coefficient (Wildman–Crippen LogP) is 2.71. The number of halogens is 1. The van der Waals surface area contributed by atoms with Gasteiger partial charge in [-0.3, -0.25) is 4.79 Å². The molecule has 1 amide bonds. The number of benzene rings is 1. The second-order valence-electron chi connectivity index (χ2n) is 5.09. The fourth-order valence-corrected chi connectivity index (χ4v) is 2.49. The number of carbonyl (C=O) groups excluding carboxylic acids is 1. The summed E-state index contributed by atoms with van der Waals surface area (Å²) in [5.41, 5.74) is 0.351. The number of hydrogen-bond acceptors (Lipinski definition) is 2. The molecule has 1 saturated heterocycles. The van der Waals surface area contributed by atoms with Gasteiger partial charge in [0.15, 0.2) is 0 Å². The predicted molar refractivity (Wildman–Crippen MR) is 74.7 cm³/mol. The van der Waals surface area contributed by atoms with E-state index in [1.54, 1.807) is 25.2 Å². The number of anilines is 1. The smallest absolute Gasteiger partial charge is 0.226 e. The number of carbonyl (C=O) groups is 1. The number of rotatable bonds is 4. The Kier molecular flexibility index (Phi) is 4.91. The second-order valence-corrected chi connectivity index (χ2v) is 5.09. The summed E-state index contributed by atoms with van der Waals surface area (Å²) < 4.78 is 13.6. The van der Waals surface area contributed by atoms with Gasteiger partial charge in [-0.05, 0) is 37.9 Å². The average molecular weight is 264 g/mol. The molecule has 0 bridgehead atoms. The number of hydrogen-bond donors (Lipinski definition) is 1. The van der Waals surface area contributed by atoms with Crippen LogP contribution in [0.1, 0.15) is 32.1 Å². The van der Waals surface area contributed by atoms with Crippen molar-refractivity contribution < 1.29 is 9.18 Å². The van der Waals surface area contributed by atoms with Crippen LogP contribution in [-0.4, -0.2) is 25.5 Å². The Morgan fingerprint density at radius 3 is 2.89 bits per heavy atom. The summed E-state index contributed by atoms with van der Waals surface area (Å²) in [4.78, 5) is 13.5. The van der Waals surface area contributed by atoms with E-state index in [1.807, 2.05) is 0 Å². The molecule has 0 spiro atoms. The first-order valence-electron chi connectivity index (χ1n) is 6.93. The molecule has 104 valence electrons. The van der Waals surface area contributed by atoms with Crippen molar-refractivity contribution in [1.29, 1.82) is 0 Å². The zero-order valence-corrected chi connectivity index (χ0v) is 11.4. The summed E-state index contributed by atoms with van der Waals surface area (Å²) >= 11 is 0. The van der Waals surface area contributed by atoms with E-state index < -0.39 is 0 Å². The van der Waals surface area contributed by atoms with Crippen LogP contribution in [0.25, 0.3) is 0 Å². The lowest BCUT2D eigenvalue weighted by Gasteiger charge is -2.24. The summed E-state index contributed by atoms with van der Waals surface area (Å²) in [6, 6.07) is 6.81. The quantitative estimate of drug-likeness (QED) is 0.907. The lowest BCUT2D eigenvalue weighted by molar-refractivity contribution is -0.118. The van der Waals surface area contributed by atoms with Gasteiger partial charge in [0.05, 0.1) is 5.69 Å². The summed E-state index contributed by atoms with van der Waals surface area (Å²) in [7, 11) is 1.63. The molecule has 1 aliphatic heterocycles. The van der Waals surface area contributed by atoms with Crippen molar-refractivity contribution >= 4 is 11.6 Å². The van der Waals surface area contributed by atoms with Gasteiger partial charge in [-0.2, -0.15) is 0 Å². The molecule has 0 aromatic heterocycles. The van der Waals surface area contributed by atoms with Crippen molar-refractivity contribution in [3.63, 3.8) is 0 Å². The van der Waals surface area contributed by atoms with E-state index in [1.165, 1.54) is 23.8 Å². The molecule has 2 rings (SSSR count). The lowest BCUT2D eigenvalue weighted by atomic mass is 10.0. The van der Waals surface area contributed by atoms with E-state index in [2.05, 4.69) is 5.32 Å². The standard InChI is InChI=1S/C15H21FN2O/c1-18(14-8-3-2-7-13(14)16)15(19)10-9-12-6-4-5-11-17-12/h2-3,7-8,12,17H,4-6,9-11H2,1H3. The molecule has 1 heterocycles. The first kappa shape index (κ1) is 14.0. The Balaban J connectivity index is 1.87. The van der Waals surface area contributed by atoms with E-state index in [4.69, 9.17) is 0 Å². The summed E-state index contributed by atoms with van der Waals surface area (Å²) in [5, 5.41) is 3.42. The number of nitrogens with one attached hydrogen (secondary N) is 1. The van der Waals surface area contributed by atoms with Crippen LogP contribution in [0.3, 0.4) is 0 Å². The highest BCUT2D eigenvalue weighted by atomic mass is 19.1. The van der Waals surface area contributed by atoms with Gasteiger partial charge in [-0.1, -0.05) is 18.6 Å². The van der Waals surface area contributed by atoms with Crippen LogP contribution in [0.15, 0.2) is 24.3 Å². The maximum absolute atomic E-state index is 13.6. The van der Waals surface area contributed by atoms with E-state index >= 15 is 0 Å². The van der Waals surface area contributed by atoms with E-state index in [0.717, 1.165) is 19.4 Å². The number of para-hydroxylation sites is 1. The Morgan fingerprint density at radius 1 is 1.42 bits per heavy atom. The number of nitrogens with zero attached hydrogens (tertiary/aromatic N) is 1. The molecule has 4 heteroatoms. The highest BCUT2D eigenvalue weighted by molar-refractivity contribution is 5.92. The average Bonchev–Trinajstić information content (AvgIpc) is 2.45. The van der Waals surface area contributed by atoms with Crippen molar-refractivity contribution in [3.05, 3.63) is 30.1 Å². The molecule has 1 aromatic carbocycles. The molecule has 0 aliphatic carbocycles. The second kappa shape index (κ2) is 6.66. The SMILES string of the molecule is CN(C(=O)CCC1CCCCN1)c1ccccc1F. The van der Waals surface area contributed by atoms with Gasteiger partial charge in [0.2, 0.25) is 5.91 Å². The highest BCUT2D eigenvalue weighted by Crippen LogP contribution is 2.19. The number of piperidine rings is 1. The van der Waals surface area contributed by atoms with Gasteiger partial charge in [-0.25, -0.2) is 4.39 Å². The van der Waals surface area contributed by atoms with Crippen molar-refractivity contribution in [1.82, 2.24) is 5.32 Å². The molecular formula is C15H21FN2O. The summed E-state index contributed by atoms with van der Waals surface area (Å²) in [5.74, 6) is -0.383. The van der Waals surface area contributed by atoms with Crippen molar-refractivity contribution in [2.75, 3.05) is 18.5 Å². The van der Waals surface area contributed by atoms with Crippen molar-refractivity contribution in [3.8, 4) is 0 Å². The zero-order chi connectivity index (χ0) is 13.7. The highest BCUT2D eigenvalue weighted by Gasteiger charge is 2.18. The molecule has 1 aromatic rings. The summed E-state index contributed by atoms with van der Waals surface area (Å²) in [6.45, 7) is 1.04. The van der Waals surface area contributed by atoms with E-state index in [9.17, 15) is 9.18 Å². The Morgan fingerprint density at radius 2 is 2.21 bits per heavy atom. The first-order valence-corrected chi connectivity index (χ1v) is 6.93.